The molecule has 1 aliphatic heterocycles. The Hall–Kier alpha value is -3.73. The van der Waals surface area contributed by atoms with Gasteiger partial charge in [0.05, 0.1) is 21.1 Å². The second-order valence-electron chi connectivity index (χ2n) is 8.92. The van der Waals surface area contributed by atoms with Gasteiger partial charge in [-0.25, -0.2) is 14.3 Å². The molecule has 1 fully saturated rings. The lowest BCUT2D eigenvalue weighted by Crippen LogP contribution is -2.46. The predicted octanol–water partition coefficient (Wildman–Crippen LogP) is 3.46. The van der Waals surface area contributed by atoms with Gasteiger partial charge in [0.15, 0.2) is 5.65 Å². The van der Waals surface area contributed by atoms with E-state index in [9.17, 15) is 9.59 Å². The molecule has 0 bridgehead atoms. The number of hydrogen-bond donors (Lipinski definition) is 4. The lowest BCUT2D eigenvalue weighted by atomic mass is 10.1. The van der Waals surface area contributed by atoms with Crippen molar-refractivity contribution in [3.8, 4) is 5.69 Å². The van der Waals surface area contributed by atoms with Crippen molar-refractivity contribution in [3.05, 3.63) is 80.2 Å². The van der Waals surface area contributed by atoms with Crippen LogP contribution in [-0.4, -0.2) is 56.5 Å². The average molecular weight is 539 g/mol. The molecule has 1 unspecified atom stereocenters. The maximum atomic E-state index is 12.8. The molecule has 4 N–H and O–H groups in total. The Balaban J connectivity index is 1.36. The zero-order valence-corrected chi connectivity index (χ0v) is 21.4. The summed E-state index contributed by atoms with van der Waals surface area (Å²) < 4.78 is 1.08. The van der Waals surface area contributed by atoms with Crippen LogP contribution in [-0.2, 0) is 0 Å². The molecule has 0 saturated carbocycles. The van der Waals surface area contributed by atoms with Crippen LogP contribution in [0, 0.1) is 5.41 Å². The summed E-state index contributed by atoms with van der Waals surface area (Å²) in [7, 11) is 2.06. The number of hydrogen-bond acceptors (Lipinski definition) is 7. The first-order valence-electron chi connectivity index (χ1n) is 11.7. The number of aromatic amines is 1. The van der Waals surface area contributed by atoms with E-state index in [0.717, 1.165) is 30.5 Å². The second kappa shape index (κ2) is 10.3. The molecule has 3 heterocycles. The molecular weight excluding hydrogens is 515 g/mol. The summed E-state index contributed by atoms with van der Waals surface area (Å²) in [6, 6.07) is 11.9. The number of amides is 1. The summed E-state index contributed by atoms with van der Waals surface area (Å²) >= 11 is 12.5. The summed E-state index contributed by atoms with van der Waals surface area (Å²) in [5, 5.41) is 15.5. The van der Waals surface area contributed by atoms with Gasteiger partial charge in [0, 0.05) is 30.0 Å². The van der Waals surface area contributed by atoms with Gasteiger partial charge in [-0.15, -0.1) is 0 Å². The van der Waals surface area contributed by atoms with Crippen LogP contribution in [0.1, 0.15) is 23.2 Å². The van der Waals surface area contributed by atoms with Crippen molar-refractivity contribution in [2.45, 2.75) is 18.9 Å². The van der Waals surface area contributed by atoms with Gasteiger partial charge in [-0.2, -0.15) is 4.98 Å². The fourth-order valence-electron chi connectivity index (χ4n) is 4.39. The Morgan fingerprint density at radius 2 is 1.89 bits per heavy atom. The van der Waals surface area contributed by atoms with Gasteiger partial charge < -0.3 is 15.5 Å². The van der Waals surface area contributed by atoms with Crippen LogP contribution in [0.2, 0.25) is 10.0 Å². The number of nitrogens with one attached hydrogen (secondary N) is 4. The molecule has 2 aromatic heterocycles. The number of H-pyrrole nitrogens is 1. The molecule has 1 atom stereocenters. The fourth-order valence-corrected chi connectivity index (χ4v) is 4.96. The molecule has 4 aromatic rings. The number of carbonyl (C=O) groups is 1. The minimum Gasteiger partial charge on any atom is -0.348 e. The summed E-state index contributed by atoms with van der Waals surface area (Å²) in [5.41, 5.74) is 0.845. The zero-order valence-electron chi connectivity index (χ0n) is 19.9. The van der Waals surface area contributed by atoms with Gasteiger partial charge in [0.1, 0.15) is 5.49 Å². The Morgan fingerprint density at radius 3 is 2.59 bits per heavy atom. The van der Waals surface area contributed by atoms with Crippen molar-refractivity contribution in [1.82, 2.24) is 29.7 Å². The molecule has 10 nitrogen and oxygen atoms in total. The zero-order chi connectivity index (χ0) is 26.1. The van der Waals surface area contributed by atoms with Gasteiger partial charge in [-0.3, -0.25) is 15.2 Å². The number of anilines is 2. The largest absolute Gasteiger partial charge is 0.348 e. The second-order valence-corrected chi connectivity index (χ2v) is 9.73. The smallest absolute Gasteiger partial charge is 0.333 e. The van der Waals surface area contributed by atoms with E-state index in [2.05, 4.69) is 37.5 Å². The van der Waals surface area contributed by atoms with Gasteiger partial charge in [-0.05, 0) is 62.8 Å². The number of fused-ring (bicyclic) bond motifs is 1. The Labute approximate surface area is 221 Å². The monoisotopic (exact) mass is 538 g/mol. The molecule has 1 saturated heterocycles. The number of carbonyl (C=O) groups excluding carboxylic acids is 1. The van der Waals surface area contributed by atoms with Crippen molar-refractivity contribution >= 4 is 51.8 Å². The van der Waals surface area contributed by atoms with E-state index < -0.39 is 5.69 Å². The van der Waals surface area contributed by atoms with Gasteiger partial charge in [0.25, 0.3) is 5.91 Å². The number of rotatable bonds is 5. The summed E-state index contributed by atoms with van der Waals surface area (Å²) in [4.78, 5) is 39.0. The normalized spacial score (nSPS) is 16.0. The third-order valence-corrected chi connectivity index (χ3v) is 6.83. The van der Waals surface area contributed by atoms with E-state index in [1.165, 1.54) is 6.20 Å². The van der Waals surface area contributed by atoms with Crippen molar-refractivity contribution in [2.75, 3.05) is 25.5 Å². The van der Waals surface area contributed by atoms with Crippen LogP contribution in [0.3, 0.4) is 0 Å². The number of likely N-dealkylation sites (tertiary alicyclic amines) is 1. The predicted molar refractivity (Wildman–Crippen MR) is 143 cm³/mol. The van der Waals surface area contributed by atoms with Crippen LogP contribution < -0.4 is 21.8 Å². The lowest BCUT2D eigenvalue weighted by molar-refractivity contribution is 0.0912. The molecule has 190 valence electrons. The molecule has 0 spiro atoms. The highest BCUT2D eigenvalue weighted by atomic mass is 35.5. The van der Waals surface area contributed by atoms with Crippen molar-refractivity contribution in [1.29, 1.82) is 5.41 Å². The fraction of sp³-hybridized carbons (Fsp3) is 0.240. The summed E-state index contributed by atoms with van der Waals surface area (Å²) in [5.74, 6) is 0.111. The molecule has 1 aliphatic rings. The van der Waals surface area contributed by atoms with E-state index in [4.69, 9.17) is 28.6 Å². The third kappa shape index (κ3) is 5.22. The number of halogens is 2. The lowest BCUT2D eigenvalue weighted by Gasteiger charge is -2.30. The Bertz CT molecular complexity index is 1580. The highest BCUT2D eigenvalue weighted by Crippen LogP contribution is 2.26. The number of nitrogens with zero attached hydrogens (tertiary/aromatic N) is 4. The topological polar surface area (TPSA) is 132 Å². The molecule has 0 aliphatic carbocycles. The molecule has 5 rings (SSSR count). The van der Waals surface area contributed by atoms with E-state index in [1.54, 1.807) is 42.5 Å². The first-order chi connectivity index (χ1) is 17.8. The van der Waals surface area contributed by atoms with Crippen LogP contribution in [0.5, 0.6) is 0 Å². The quantitative estimate of drug-likeness (QED) is 0.307. The maximum Gasteiger partial charge on any atom is 0.333 e. The van der Waals surface area contributed by atoms with Crippen LogP contribution >= 0.6 is 23.2 Å². The van der Waals surface area contributed by atoms with E-state index in [0.29, 0.717) is 16.6 Å². The Morgan fingerprint density at radius 1 is 1.16 bits per heavy atom. The van der Waals surface area contributed by atoms with Crippen molar-refractivity contribution < 1.29 is 4.79 Å². The number of aromatic nitrogens is 4. The van der Waals surface area contributed by atoms with Gasteiger partial charge >= 0.3 is 5.69 Å². The van der Waals surface area contributed by atoms with E-state index >= 15 is 0 Å². The van der Waals surface area contributed by atoms with Crippen molar-refractivity contribution in [2.24, 2.45) is 0 Å². The minimum atomic E-state index is -0.614. The molecule has 12 heteroatoms. The standard InChI is InChI=1S/C25H24Cl2N8O2/c1-34-11-3-4-16(13-34)30-23(36)14-7-9-15(10-8-14)31-24-29-12-17-21(28)35(25(37)33-22(17)32-24)20-18(26)5-2-6-19(20)27/h2,5-10,12,16,28H,3-4,11,13H2,1H3,(H,30,36)(H2,29,31,32,33,37). The molecular formula is C25H24Cl2N8O2. The SMILES string of the molecule is CN1CCCC(NC(=O)c2ccc(Nc3ncc4c(=N)n(-c5c(Cl)cccc5Cl)c(=O)[nH]c4n3)cc2)C1. The minimum absolute atomic E-state index is 0.110. The van der Waals surface area contributed by atoms with Crippen LogP contribution in [0.25, 0.3) is 16.7 Å². The molecule has 37 heavy (non-hydrogen) atoms. The number of piperidine rings is 1. The van der Waals surface area contributed by atoms with E-state index in [1.807, 2.05) is 0 Å². The first kappa shape index (κ1) is 24.9. The number of para-hydroxylation sites is 1. The molecule has 0 radical (unpaired) electrons. The molecule has 2 aromatic carbocycles. The average Bonchev–Trinajstić information content (AvgIpc) is 2.86. The summed E-state index contributed by atoms with van der Waals surface area (Å²) in [6.45, 7) is 1.90. The van der Waals surface area contributed by atoms with Crippen molar-refractivity contribution in [3.63, 3.8) is 0 Å². The summed E-state index contributed by atoms with van der Waals surface area (Å²) in [6.07, 6.45) is 3.48. The van der Waals surface area contributed by atoms with Crippen LogP contribution in [0.15, 0.2) is 53.5 Å². The maximum absolute atomic E-state index is 12.8. The highest BCUT2D eigenvalue weighted by Gasteiger charge is 2.20. The van der Waals surface area contributed by atoms with Crippen LogP contribution in [0.4, 0.5) is 11.6 Å². The number of benzene rings is 2. The van der Waals surface area contributed by atoms with E-state index in [-0.39, 0.29) is 44.8 Å². The highest BCUT2D eigenvalue weighted by molar-refractivity contribution is 6.37. The molecule has 1 amide bonds. The first-order valence-corrected chi connectivity index (χ1v) is 12.4. The number of likely N-dealkylation sites (N-methyl/N-ethyl adjacent to an activating group) is 1. The Kier molecular flexibility index (Phi) is 6.96. The van der Waals surface area contributed by atoms with Gasteiger partial charge in [-0.1, -0.05) is 29.3 Å². The third-order valence-electron chi connectivity index (χ3n) is 6.22. The van der Waals surface area contributed by atoms with Gasteiger partial charge in [0.2, 0.25) is 5.95 Å².